The molecule has 1 saturated heterocycles. The van der Waals surface area contributed by atoms with Gasteiger partial charge in [0.1, 0.15) is 5.01 Å². The van der Waals surface area contributed by atoms with Crippen LogP contribution in [0.1, 0.15) is 16.3 Å². The third kappa shape index (κ3) is 2.32. The summed E-state index contributed by atoms with van der Waals surface area (Å²) in [5.74, 6) is 0. The molecule has 1 unspecified atom stereocenters. The van der Waals surface area contributed by atoms with Gasteiger partial charge < -0.3 is 5.32 Å². The average molecular weight is 211 g/mol. The molecule has 1 aliphatic rings. The van der Waals surface area contributed by atoms with Gasteiger partial charge >= 0.3 is 0 Å². The van der Waals surface area contributed by atoms with Crippen LogP contribution in [0.2, 0.25) is 0 Å². The van der Waals surface area contributed by atoms with Gasteiger partial charge in [0.05, 0.1) is 6.54 Å². The van der Waals surface area contributed by atoms with Crippen LogP contribution in [-0.4, -0.2) is 36.1 Å². The lowest BCUT2D eigenvalue weighted by molar-refractivity contribution is 0.248. The van der Waals surface area contributed by atoms with Crippen molar-refractivity contribution < 1.29 is 0 Å². The predicted octanol–water partition coefficient (Wildman–Crippen LogP) is 1.25. The van der Waals surface area contributed by atoms with Crippen LogP contribution in [0.3, 0.4) is 0 Å². The van der Waals surface area contributed by atoms with E-state index in [1.807, 2.05) is 6.20 Å². The van der Waals surface area contributed by atoms with Crippen LogP contribution in [0.25, 0.3) is 0 Å². The first-order valence-electron chi connectivity index (χ1n) is 5.08. The molecule has 1 aromatic heterocycles. The third-order valence-electron chi connectivity index (χ3n) is 2.71. The number of hydrogen-bond acceptors (Lipinski definition) is 4. The minimum Gasteiger partial charge on any atom is -0.315 e. The fourth-order valence-corrected chi connectivity index (χ4v) is 2.68. The lowest BCUT2D eigenvalue weighted by atomic mass is 10.2. The molecule has 3 nitrogen and oxygen atoms in total. The molecule has 1 aromatic rings. The number of thiazole rings is 1. The molecule has 0 aromatic carbocycles. The molecule has 2 heterocycles. The molecule has 0 radical (unpaired) electrons. The van der Waals surface area contributed by atoms with Crippen LogP contribution in [0.4, 0.5) is 0 Å². The first-order chi connectivity index (χ1) is 6.75. The molecule has 1 aliphatic heterocycles. The molecular weight excluding hydrogens is 194 g/mol. The number of hydrogen-bond donors (Lipinski definition) is 1. The van der Waals surface area contributed by atoms with Crippen molar-refractivity contribution in [3.05, 3.63) is 16.1 Å². The molecule has 1 fully saturated rings. The van der Waals surface area contributed by atoms with Crippen molar-refractivity contribution in [1.29, 1.82) is 0 Å². The second-order valence-corrected chi connectivity index (χ2v) is 5.25. The average Bonchev–Trinajstić information content (AvgIpc) is 2.75. The largest absolute Gasteiger partial charge is 0.315 e. The summed E-state index contributed by atoms with van der Waals surface area (Å²) in [4.78, 5) is 8.09. The van der Waals surface area contributed by atoms with Crippen LogP contribution in [-0.2, 0) is 6.54 Å². The summed E-state index contributed by atoms with van der Waals surface area (Å²) in [6, 6.07) is 0.694. The second kappa shape index (κ2) is 4.38. The standard InChI is InChI=1S/C10H17N3S/c1-8-5-12-10(14-8)7-13(2)9-3-4-11-6-9/h5,9,11H,3-4,6-7H2,1-2H3. The zero-order valence-electron chi connectivity index (χ0n) is 8.79. The zero-order valence-corrected chi connectivity index (χ0v) is 9.60. The van der Waals surface area contributed by atoms with E-state index >= 15 is 0 Å². The quantitative estimate of drug-likeness (QED) is 0.815. The minimum absolute atomic E-state index is 0.694. The Kier molecular flexibility index (Phi) is 3.15. The fourth-order valence-electron chi connectivity index (χ4n) is 1.83. The van der Waals surface area contributed by atoms with Crippen molar-refractivity contribution in [2.75, 3.05) is 20.1 Å². The highest BCUT2D eigenvalue weighted by Gasteiger charge is 2.19. The van der Waals surface area contributed by atoms with Crippen LogP contribution >= 0.6 is 11.3 Å². The molecule has 78 valence electrons. The second-order valence-electron chi connectivity index (χ2n) is 3.93. The molecule has 0 saturated carbocycles. The maximum atomic E-state index is 4.38. The molecule has 0 spiro atoms. The number of rotatable bonds is 3. The zero-order chi connectivity index (χ0) is 9.97. The van der Waals surface area contributed by atoms with E-state index in [2.05, 4.69) is 29.2 Å². The molecule has 4 heteroatoms. The molecular formula is C10H17N3S. The Morgan fingerprint density at radius 2 is 2.57 bits per heavy atom. The molecule has 0 bridgehead atoms. The first kappa shape index (κ1) is 10.1. The van der Waals surface area contributed by atoms with Gasteiger partial charge in [-0.2, -0.15) is 0 Å². The highest BCUT2D eigenvalue weighted by Crippen LogP contribution is 2.15. The highest BCUT2D eigenvalue weighted by molar-refractivity contribution is 7.11. The summed E-state index contributed by atoms with van der Waals surface area (Å²) >= 11 is 1.80. The van der Waals surface area contributed by atoms with Gasteiger partial charge in [0, 0.05) is 23.7 Å². The maximum Gasteiger partial charge on any atom is 0.107 e. The lowest BCUT2D eigenvalue weighted by Gasteiger charge is -2.21. The Morgan fingerprint density at radius 3 is 3.14 bits per heavy atom. The van der Waals surface area contributed by atoms with Gasteiger partial charge in [-0.3, -0.25) is 4.90 Å². The molecule has 0 amide bonds. The van der Waals surface area contributed by atoms with Crippen LogP contribution in [0.15, 0.2) is 6.20 Å². The van der Waals surface area contributed by atoms with Crippen molar-refractivity contribution in [2.45, 2.75) is 25.9 Å². The molecule has 14 heavy (non-hydrogen) atoms. The molecule has 1 atom stereocenters. The van der Waals surface area contributed by atoms with Gasteiger partial charge in [0.25, 0.3) is 0 Å². The lowest BCUT2D eigenvalue weighted by Crippen LogP contribution is -2.32. The summed E-state index contributed by atoms with van der Waals surface area (Å²) in [7, 11) is 2.19. The van der Waals surface area contributed by atoms with Crippen LogP contribution < -0.4 is 5.32 Å². The Bertz CT molecular complexity index is 291. The normalized spacial score (nSPS) is 22.1. The van der Waals surface area contributed by atoms with Gasteiger partial charge in [-0.05, 0) is 26.9 Å². The summed E-state index contributed by atoms with van der Waals surface area (Å²) < 4.78 is 0. The Labute approximate surface area is 89.1 Å². The number of aryl methyl sites for hydroxylation is 1. The summed E-state index contributed by atoms with van der Waals surface area (Å²) in [6.07, 6.45) is 3.22. The molecule has 1 N–H and O–H groups in total. The van der Waals surface area contributed by atoms with Gasteiger partial charge in [0.2, 0.25) is 0 Å². The summed E-state index contributed by atoms with van der Waals surface area (Å²) in [5.41, 5.74) is 0. The number of nitrogens with one attached hydrogen (secondary N) is 1. The van der Waals surface area contributed by atoms with Crippen molar-refractivity contribution in [3.63, 3.8) is 0 Å². The van der Waals surface area contributed by atoms with Gasteiger partial charge in [-0.25, -0.2) is 4.98 Å². The monoisotopic (exact) mass is 211 g/mol. The highest BCUT2D eigenvalue weighted by atomic mass is 32.1. The molecule has 0 aliphatic carbocycles. The predicted molar refractivity (Wildman–Crippen MR) is 59.6 cm³/mol. The van der Waals surface area contributed by atoms with Crippen molar-refractivity contribution in [2.24, 2.45) is 0 Å². The van der Waals surface area contributed by atoms with E-state index in [9.17, 15) is 0 Å². The van der Waals surface area contributed by atoms with Crippen molar-refractivity contribution >= 4 is 11.3 Å². The van der Waals surface area contributed by atoms with E-state index in [0.29, 0.717) is 6.04 Å². The topological polar surface area (TPSA) is 28.2 Å². The third-order valence-corrected chi connectivity index (χ3v) is 3.61. The van der Waals surface area contributed by atoms with E-state index in [1.165, 1.54) is 16.3 Å². The number of nitrogens with zero attached hydrogens (tertiary/aromatic N) is 2. The van der Waals surface area contributed by atoms with Crippen molar-refractivity contribution in [3.8, 4) is 0 Å². The Morgan fingerprint density at radius 1 is 1.71 bits per heavy atom. The van der Waals surface area contributed by atoms with E-state index in [4.69, 9.17) is 0 Å². The van der Waals surface area contributed by atoms with E-state index in [1.54, 1.807) is 11.3 Å². The van der Waals surface area contributed by atoms with Gasteiger partial charge in [-0.15, -0.1) is 11.3 Å². The van der Waals surface area contributed by atoms with Crippen LogP contribution in [0.5, 0.6) is 0 Å². The smallest absolute Gasteiger partial charge is 0.107 e. The van der Waals surface area contributed by atoms with E-state index < -0.39 is 0 Å². The van der Waals surface area contributed by atoms with Crippen molar-refractivity contribution in [1.82, 2.24) is 15.2 Å². The van der Waals surface area contributed by atoms with E-state index in [-0.39, 0.29) is 0 Å². The summed E-state index contributed by atoms with van der Waals surface area (Å²) in [6.45, 7) is 5.38. The first-order valence-corrected chi connectivity index (χ1v) is 5.89. The van der Waals surface area contributed by atoms with Gasteiger partial charge in [-0.1, -0.05) is 0 Å². The fraction of sp³-hybridized carbons (Fsp3) is 0.700. The minimum atomic E-state index is 0.694. The number of aromatic nitrogens is 1. The SMILES string of the molecule is Cc1cnc(CN(C)C2CCNC2)s1. The Balaban J connectivity index is 1.90. The molecule has 2 rings (SSSR count). The van der Waals surface area contributed by atoms with Gasteiger partial charge in [0.15, 0.2) is 0 Å². The van der Waals surface area contributed by atoms with E-state index in [0.717, 1.165) is 19.6 Å². The number of likely N-dealkylation sites (N-methyl/N-ethyl adjacent to an activating group) is 1. The maximum absolute atomic E-state index is 4.38. The van der Waals surface area contributed by atoms with Crippen LogP contribution in [0, 0.1) is 6.92 Å². The summed E-state index contributed by atoms with van der Waals surface area (Å²) in [5, 5.41) is 4.62. The Hall–Kier alpha value is -0.450.